The summed E-state index contributed by atoms with van der Waals surface area (Å²) >= 11 is 0. The van der Waals surface area contributed by atoms with Gasteiger partial charge in [-0.1, -0.05) is 12.1 Å². The first-order chi connectivity index (χ1) is 11.6. The van der Waals surface area contributed by atoms with Crippen LogP contribution in [0.5, 0.6) is 11.5 Å². The van der Waals surface area contributed by atoms with Crippen molar-refractivity contribution in [1.29, 1.82) is 0 Å². The van der Waals surface area contributed by atoms with Gasteiger partial charge >= 0.3 is 6.03 Å². The zero-order valence-corrected chi connectivity index (χ0v) is 13.3. The Bertz CT molecular complexity index is 719. The molecule has 0 radical (unpaired) electrons. The average Bonchev–Trinajstić information content (AvgIpc) is 2.60. The van der Waals surface area contributed by atoms with E-state index in [0.717, 1.165) is 22.6 Å². The number of nitrogens with one attached hydrogen (secondary N) is 2. The lowest BCUT2D eigenvalue weighted by atomic mass is 10.0. The van der Waals surface area contributed by atoms with Gasteiger partial charge in [0.15, 0.2) is 0 Å². The Balaban J connectivity index is 1.52. The number of carbonyl (C=O) groups excluding carboxylic acids is 1. The average molecular weight is 330 g/mol. The number of urea groups is 1. The Morgan fingerprint density at radius 1 is 1.29 bits per heavy atom. The maximum Gasteiger partial charge on any atom is 0.315 e. The van der Waals surface area contributed by atoms with E-state index in [1.165, 1.54) is 12.1 Å². The quantitative estimate of drug-likeness (QED) is 0.906. The minimum Gasteiger partial charge on any atom is -0.497 e. The van der Waals surface area contributed by atoms with Gasteiger partial charge in [0.1, 0.15) is 23.9 Å². The summed E-state index contributed by atoms with van der Waals surface area (Å²) in [5, 5.41) is 5.65. The van der Waals surface area contributed by atoms with Crippen LogP contribution < -0.4 is 20.1 Å². The molecule has 0 spiro atoms. The van der Waals surface area contributed by atoms with Crippen LogP contribution in [0.4, 0.5) is 9.18 Å². The third-order valence-corrected chi connectivity index (χ3v) is 3.88. The van der Waals surface area contributed by atoms with Gasteiger partial charge in [0.25, 0.3) is 0 Å². The van der Waals surface area contributed by atoms with Gasteiger partial charge in [-0.15, -0.1) is 0 Å². The minimum atomic E-state index is -0.295. The highest BCUT2D eigenvalue weighted by molar-refractivity contribution is 5.74. The second-order valence-electron chi connectivity index (χ2n) is 5.64. The molecule has 0 bridgehead atoms. The number of carbonyl (C=O) groups is 1. The Kier molecular flexibility index (Phi) is 4.84. The van der Waals surface area contributed by atoms with Crippen molar-refractivity contribution in [2.45, 2.75) is 19.0 Å². The van der Waals surface area contributed by atoms with Crippen molar-refractivity contribution in [3.05, 3.63) is 59.4 Å². The molecule has 126 valence electrons. The van der Waals surface area contributed by atoms with Crippen LogP contribution >= 0.6 is 0 Å². The molecule has 3 rings (SSSR count). The fourth-order valence-electron chi connectivity index (χ4n) is 2.61. The van der Waals surface area contributed by atoms with Crippen LogP contribution in [0.25, 0.3) is 0 Å². The first-order valence-electron chi connectivity index (χ1n) is 7.72. The smallest absolute Gasteiger partial charge is 0.315 e. The highest BCUT2D eigenvalue weighted by atomic mass is 19.1. The molecule has 2 aromatic carbocycles. The first-order valence-corrected chi connectivity index (χ1v) is 7.72. The van der Waals surface area contributed by atoms with Gasteiger partial charge in [-0.25, -0.2) is 9.18 Å². The Morgan fingerprint density at radius 3 is 2.83 bits per heavy atom. The monoisotopic (exact) mass is 330 g/mol. The largest absolute Gasteiger partial charge is 0.497 e. The van der Waals surface area contributed by atoms with E-state index in [2.05, 4.69) is 10.6 Å². The molecule has 0 saturated heterocycles. The number of hydrogen-bond donors (Lipinski definition) is 2. The molecular formula is C18H19FN2O3. The number of ether oxygens (including phenoxy) is 2. The number of fused-ring (bicyclic) bond motifs is 1. The summed E-state index contributed by atoms with van der Waals surface area (Å²) in [6.07, 6.45) is 0.677. The number of methoxy groups -OCH3 is 1. The molecule has 6 heteroatoms. The molecule has 0 aliphatic carbocycles. The lowest BCUT2D eigenvalue weighted by Gasteiger charge is -2.26. The van der Waals surface area contributed by atoms with Gasteiger partial charge < -0.3 is 20.1 Å². The van der Waals surface area contributed by atoms with E-state index in [0.29, 0.717) is 19.6 Å². The van der Waals surface area contributed by atoms with Gasteiger partial charge in [0.2, 0.25) is 0 Å². The number of hydrogen-bond acceptors (Lipinski definition) is 3. The van der Waals surface area contributed by atoms with Crippen LogP contribution in [0.15, 0.2) is 42.5 Å². The predicted molar refractivity (Wildman–Crippen MR) is 87.8 cm³/mol. The highest BCUT2D eigenvalue weighted by Gasteiger charge is 2.21. The Hall–Kier alpha value is -2.76. The standard InChI is InChI=1S/C18H19FN2O3/c1-23-16-6-7-17-13(9-16)8-15(11-24-17)21-18(22)20-10-12-2-4-14(19)5-3-12/h2-7,9,15H,8,10-11H2,1H3,(H2,20,21,22)/t15-/m1/s1. The van der Waals surface area contributed by atoms with E-state index in [4.69, 9.17) is 9.47 Å². The third-order valence-electron chi connectivity index (χ3n) is 3.88. The summed E-state index contributed by atoms with van der Waals surface area (Å²) in [7, 11) is 1.62. The first kappa shape index (κ1) is 16.1. The van der Waals surface area contributed by atoms with E-state index >= 15 is 0 Å². The van der Waals surface area contributed by atoms with Crippen LogP contribution in [0.1, 0.15) is 11.1 Å². The van der Waals surface area contributed by atoms with Crippen LogP contribution in [-0.4, -0.2) is 25.8 Å². The van der Waals surface area contributed by atoms with Crippen molar-refractivity contribution in [2.75, 3.05) is 13.7 Å². The molecule has 1 heterocycles. The van der Waals surface area contributed by atoms with Gasteiger partial charge in [-0.05, 0) is 47.9 Å². The summed E-state index contributed by atoms with van der Waals surface area (Å²) in [4.78, 5) is 12.0. The van der Waals surface area contributed by atoms with Crippen LogP contribution in [0.2, 0.25) is 0 Å². The van der Waals surface area contributed by atoms with Crippen molar-refractivity contribution >= 4 is 6.03 Å². The second kappa shape index (κ2) is 7.21. The Morgan fingerprint density at radius 2 is 2.08 bits per heavy atom. The second-order valence-corrected chi connectivity index (χ2v) is 5.64. The minimum absolute atomic E-state index is 0.113. The van der Waals surface area contributed by atoms with Crippen LogP contribution in [0.3, 0.4) is 0 Å². The van der Waals surface area contributed by atoms with Crippen LogP contribution in [0, 0.1) is 5.82 Å². The van der Waals surface area contributed by atoms with E-state index in [1.54, 1.807) is 19.2 Å². The normalized spacial score (nSPS) is 15.8. The molecule has 2 aromatic rings. The molecule has 5 nitrogen and oxygen atoms in total. The molecule has 0 saturated carbocycles. The fourth-order valence-corrected chi connectivity index (χ4v) is 2.61. The van der Waals surface area contributed by atoms with E-state index < -0.39 is 0 Å². The molecule has 1 atom stereocenters. The molecular weight excluding hydrogens is 311 g/mol. The van der Waals surface area contributed by atoms with Crippen molar-refractivity contribution in [3.63, 3.8) is 0 Å². The number of benzene rings is 2. The van der Waals surface area contributed by atoms with Crippen LogP contribution in [-0.2, 0) is 13.0 Å². The van der Waals surface area contributed by atoms with Gasteiger partial charge in [0.05, 0.1) is 13.2 Å². The van der Waals surface area contributed by atoms with Crippen molar-refractivity contribution in [3.8, 4) is 11.5 Å². The van der Waals surface area contributed by atoms with E-state index in [9.17, 15) is 9.18 Å². The van der Waals surface area contributed by atoms with Crippen molar-refractivity contribution in [2.24, 2.45) is 0 Å². The fraction of sp³-hybridized carbons (Fsp3) is 0.278. The van der Waals surface area contributed by atoms with Crippen molar-refractivity contribution in [1.82, 2.24) is 10.6 Å². The predicted octanol–water partition coefficient (Wildman–Crippen LogP) is 2.64. The lowest BCUT2D eigenvalue weighted by Crippen LogP contribution is -2.47. The summed E-state index contributed by atoms with van der Waals surface area (Å²) in [5.41, 5.74) is 1.84. The summed E-state index contributed by atoms with van der Waals surface area (Å²) in [6.45, 7) is 0.757. The highest BCUT2D eigenvalue weighted by Crippen LogP contribution is 2.28. The maximum atomic E-state index is 12.8. The van der Waals surface area contributed by atoms with Gasteiger partial charge in [0, 0.05) is 6.54 Å². The zero-order chi connectivity index (χ0) is 16.9. The number of halogens is 1. The van der Waals surface area contributed by atoms with E-state index in [-0.39, 0.29) is 17.9 Å². The number of rotatable bonds is 4. The molecule has 1 aliphatic heterocycles. The van der Waals surface area contributed by atoms with Gasteiger partial charge in [-0.3, -0.25) is 0 Å². The molecule has 2 N–H and O–H groups in total. The van der Waals surface area contributed by atoms with E-state index in [1.807, 2.05) is 18.2 Å². The third kappa shape index (κ3) is 3.95. The molecule has 2 amide bonds. The molecule has 24 heavy (non-hydrogen) atoms. The summed E-state index contributed by atoms with van der Waals surface area (Å²) in [5.74, 6) is 1.29. The van der Waals surface area contributed by atoms with Gasteiger partial charge in [-0.2, -0.15) is 0 Å². The summed E-state index contributed by atoms with van der Waals surface area (Å²) < 4.78 is 23.7. The molecule has 0 fully saturated rings. The molecule has 0 unspecified atom stereocenters. The van der Waals surface area contributed by atoms with Crippen molar-refractivity contribution < 1.29 is 18.7 Å². The Labute approximate surface area is 139 Å². The zero-order valence-electron chi connectivity index (χ0n) is 13.3. The lowest BCUT2D eigenvalue weighted by molar-refractivity contribution is 0.214. The maximum absolute atomic E-state index is 12.8. The SMILES string of the molecule is COc1ccc2c(c1)C[C@@H](NC(=O)NCc1ccc(F)cc1)CO2. The number of amides is 2. The molecule has 0 aromatic heterocycles. The molecule has 1 aliphatic rings. The summed E-state index contributed by atoms with van der Waals surface area (Å²) in [6, 6.07) is 11.3. The topological polar surface area (TPSA) is 59.6 Å².